The molecular weight excluding hydrogens is 302 g/mol. The van der Waals surface area contributed by atoms with E-state index in [0.29, 0.717) is 17.0 Å². The quantitative estimate of drug-likeness (QED) is 0.446. The number of nitrogens with one attached hydrogen (secondary N) is 1. The monoisotopic (exact) mass is 313 g/mol. The lowest BCUT2D eigenvalue weighted by atomic mass is 9.88. The first-order chi connectivity index (χ1) is 11.6. The number of rotatable bonds is 0. The van der Waals surface area contributed by atoms with Crippen LogP contribution in [0.25, 0.3) is 32.9 Å². The van der Waals surface area contributed by atoms with Crippen molar-refractivity contribution in [2.24, 2.45) is 0 Å². The lowest BCUT2D eigenvalue weighted by molar-refractivity contribution is 0.103. The molecule has 0 spiro atoms. The van der Waals surface area contributed by atoms with Crippen LogP contribution in [0.2, 0.25) is 0 Å². The van der Waals surface area contributed by atoms with Gasteiger partial charge in [0.1, 0.15) is 11.4 Å². The number of aromatic amines is 1. The first-order valence-corrected chi connectivity index (χ1v) is 7.61. The maximum Gasteiger partial charge on any atom is 0.248 e. The molecule has 1 aliphatic carbocycles. The molecule has 5 heteroatoms. The van der Waals surface area contributed by atoms with Gasteiger partial charge in [0.05, 0.1) is 11.2 Å². The number of hydrogen-bond donors (Lipinski definition) is 1. The van der Waals surface area contributed by atoms with E-state index in [1.807, 2.05) is 37.3 Å². The summed E-state index contributed by atoms with van der Waals surface area (Å²) in [7, 11) is 0. The summed E-state index contributed by atoms with van der Waals surface area (Å²) in [6.45, 7) is 1.82. The van der Waals surface area contributed by atoms with Crippen molar-refractivity contribution in [3.8, 4) is 11.3 Å². The number of ketones is 1. The SMILES string of the molecule is Cc1cc(=O)[nH]c2c1-c1nc3ccccc3c3ccnc(c13)C2=O. The Labute approximate surface area is 136 Å². The zero-order valence-corrected chi connectivity index (χ0v) is 12.8. The zero-order valence-electron chi connectivity index (χ0n) is 12.8. The van der Waals surface area contributed by atoms with Crippen LogP contribution in [0.4, 0.5) is 0 Å². The largest absolute Gasteiger partial charge is 0.319 e. The maximum atomic E-state index is 12.9. The third kappa shape index (κ3) is 1.53. The van der Waals surface area contributed by atoms with Crippen LogP contribution in [-0.2, 0) is 0 Å². The third-order valence-corrected chi connectivity index (χ3v) is 4.53. The van der Waals surface area contributed by atoms with Crippen molar-refractivity contribution in [3.05, 3.63) is 69.9 Å². The summed E-state index contributed by atoms with van der Waals surface area (Å²) in [6.07, 6.45) is 1.63. The van der Waals surface area contributed by atoms with Crippen molar-refractivity contribution in [2.45, 2.75) is 6.92 Å². The summed E-state index contributed by atoms with van der Waals surface area (Å²) in [5.74, 6) is -0.263. The molecule has 1 aromatic carbocycles. The van der Waals surface area contributed by atoms with Crippen LogP contribution in [0.5, 0.6) is 0 Å². The second-order valence-electron chi connectivity index (χ2n) is 5.96. The number of para-hydroxylation sites is 1. The van der Waals surface area contributed by atoms with Crippen LogP contribution < -0.4 is 5.56 Å². The van der Waals surface area contributed by atoms with Gasteiger partial charge in [0.25, 0.3) is 0 Å². The summed E-state index contributed by atoms with van der Waals surface area (Å²) in [5, 5.41) is 2.69. The summed E-state index contributed by atoms with van der Waals surface area (Å²) in [4.78, 5) is 36.4. The lowest BCUT2D eigenvalue weighted by Gasteiger charge is -2.20. The van der Waals surface area contributed by atoms with E-state index in [2.05, 4.69) is 9.97 Å². The topological polar surface area (TPSA) is 75.7 Å². The van der Waals surface area contributed by atoms with Crippen molar-refractivity contribution < 1.29 is 4.79 Å². The lowest BCUT2D eigenvalue weighted by Crippen LogP contribution is -2.20. The van der Waals surface area contributed by atoms with Gasteiger partial charge in [-0.25, -0.2) is 4.98 Å². The van der Waals surface area contributed by atoms with E-state index >= 15 is 0 Å². The van der Waals surface area contributed by atoms with Crippen LogP contribution in [0.1, 0.15) is 21.7 Å². The number of aryl methyl sites for hydroxylation is 1. The zero-order chi connectivity index (χ0) is 16.4. The van der Waals surface area contributed by atoms with Crippen molar-refractivity contribution in [1.29, 1.82) is 0 Å². The fourth-order valence-electron chi connectivity index (χ4n) is 3.54. The fourth-order valence-corrected chi connectivity index (χ4v) is 3.54. The third-order valence-electron chi connectivity index (χ3n) is 4.53. The molecule has 4 aromatic rings. The van der Waals surface area contributed by atoms with E-state index in [4.69, 9.17) is 4.98 Å². The van der Waals surface area contributed by atoms with E-state index in [1.165, 1.54) is 6.07 Å². The summed E-state index contributed by atoms with van der Waals surface area (Å²) < 4.78 is 0. The minimum atomic E-state index is -0.295. The molecule has 114 valence electrons. The van der Waals surface area contributed by atoms with Gasteiger partial charge in [-0.2, -0.15) is 0 Å². The van der Waals surface area contributed by atoms with Gasteiger partial charge in [-0.05, 0) is 30.0 Å². The van der Waals surface area contributed by atoms with Gasteiger partial charge in [0, 0.05) is 28.6 Å². The van der Waals surface area contributed by atoms with E-state index in [1.54, 1.807) is 6.20 Å². The normalized spacial score (nSPS) is 12.6. The molecule has 5 nitrogen and oxygen atoms in total. The van der Waals surface area contributed by atoms with Crippen LogP contribution in [-0.4, -0.2) is 20.7 Å². The molecule has 0 bridgehead atoms. The minimum Gasteiger partial charge on any atom is -0.319 e. The first-order valence-electron chi connectivity index (χ1n) is 7.61. The Morgan fingerprint density at radius 1 is 1.00 bits per heavy atom. The van der Waals surface area contributed by atoms with Crippen LogP contribution in [0.3, 0.4) is 0 Å². The van der Waals surface area contributed by atoms with Gasteiger partial charge < -0.3 is 4.98 Å². The standard InChI is InChI=1S/C19H11N3O2/c1-9-8-13(23)22-18-14(9)16-15-11(6-7-20-17(15)19(18)24)10-4-2-3-5-12(10)21-16/h2-8H,1H3,(H,22,23). The molecule has 0 fully saturated rings. The molecule has 0 unspecified atom stereocenters. The molecule has 3 aromatic heterocycles. The second kappa shape index (κ2) is 4.35. The molecule has 0 radical (unpaired) electrons. The molecule has 3 heterocycles. The number of carbonyl (C=O) groups excluding carboxylic acids is 1. The second-order valence-corrected chi connectivity index (χ2v) is 5.96. The van der Waals surface area contributed by atoms with Gasteiger partial charge >= 0.3 is 0 Å². The van der Waals surface area contributed by atoms with Crippen LogP contribution in [0.15, 0.2) is 47.4 Å². The number of nitrogens with zero attached hydrogens (tertiary/aromatic N) is 2. The Kier molecular flexibility index (Phi) is 2.38. The van der Waals surface area contributed by atoms with E-state index in [-0.39, 0.29) is 17.0 Å². The van der Waals surface area contributed by atoms with Gasteiger partial charge in [-0.1, -0.05) is 18.2 Å². The first kappa shape index (κ1) is 13.1. The average molecular weight is 313 g/mol. The van der Waals surface area contributed by atoms with Crippen LogP contribution in [0, 0.1) is 6.92 Å². The highest BCUT2D eigenvalue weighted by Gasteiger charge is 2.30. The maximum absolute atomic E-state index is 12.9. The number of carbonyl (C=O) groups is 1. The predicted octanol–water partition coefficient (Wildman–Crippen LogP) is 2.99. The van der Waals surface area contributed by atoms with E-state index in [0.717, 1.165) is 27.2 Å². The Bertz CT molecular complexity index is 1250. The molecule has 0 aliphatic heterocycles. The molecule has 1 aliphatic rings. The summed E-state index contributed by atoms with van der Waals surface area (Å²) in [5.41, 5.74) is 3.30. The van der Waals surface area contributed by atoms with Crippen molar-refractivity contribution in [1.82, 2.24) is 15.0 Å². The fraction of sp³-hybridized carbons (Fsp3) is 0.0526. The van der Waals surface area contributed by atoms with Crippen molar-refractivity contribution >= 4 is 27.5 Å². The molecule has 24 heavy (non-hydrogen) atoms. The number of H-pyrrole nitrogens is 1. The van der Waals surface area contributed by atoms with Gasteiger partial charge in [0.15, 0.2) is 0 Å². The van der Waals surface area contributed by atoms with Gasteiger partial charge in [0.2, 0.25) is 11.3 Å². The number of pyridine rings is 3. The number of aromatic nitrogens is 3. The molecule has 0 saturated heterocycles. The summed E-state index contributed by atoms with van der Waals surface area (Å²) >= 11 is 0. The van der Waals surface area contributed by atoms with Gasteiger partial charge in [-0.3, -0.25) is 14.6 Å². The Hall–Kier alpha value is -3.34. The smallest absolute Gasteiger partial charge is 0.248 e. The molecule has 0 atom stereocenters. The molecule has 1 N–H and O–H groups in total. The molecular formula is C19H11N3O2. The van der Waals surface area contributed by atoms with E-state index < -0.39 is 0 Å². The number of benzene rings is 1. The Balaban J connectivity index is 2.11. The Morgan fingerprint density at radius 3 is 2.71 bits per heavy atom. The van der Waals surface area contributed by atoms with Gasteiger partial charge in [-0.15, -0.1) is 0 Å². The molecule has 5 rings (SSSR count). The molecule has 0 saturated carbocycles. The Morgan fingerprint density at radius 2 is 1.83 bits per heavy atom. The summed E-state index contributed by atoms with van der Waals surface area (Å²) in [6, 6.07) is 11.2. The molecule has 0 amide bonds. The highest BCUT2D eigenvalue weighted by Crippen LogP contribution is 2.40. The van der Waals surface area contributed by atoms with Crippen molar-refractivity contribution in [2.75, 3.05) is 0 Å². The van der Waals surface area contributed by atoms with E-state index in [9.17, 15) is 9.59 Å². The average Bonchev–Trinajstić information content (AvgIpc) is 2.58. The van der Waals surface area contributed by atoms with Crippen molar-refractivity contribution in [3.63, 3.8) is 0 Å². The van der Waals surface area contributed by atoms with Crippen LogP contribution >= 0.6 is 0 Å². The highest BCUT2D eigenvalue weighted by atomic mass is 16.1. The highest BCUT2D eigenvalue weighted by molar-refractivity contribution is 6.26. The number of hydrogen-bond acceptors (Lipinski definition) is 4. The predicted molar refractivity (Wildman–Crippen MR) is 91.3 cm³/mol. The minimum absolute atomic E-state index is 0.263. The number of fused-ring (bicyclic) bond motifs is 4.